The summed E-state index contributed by atoms with van der Waals surface area (Å²) in [4.78, 5) is 15.1. The number of esters is 1. The number of nitrogens with zero attached hydrogens (tertiary/aromatic N) is 1. The van der Waals surface area contributed by atoms with E-state index in [-0.39, 0.29) is 17.2 Å². The fourth-order valence-corrected chi connectivity index (χ4v) is 1.73. The van der Waals surface area contributed by atoms with Crippen molar-refractivity contribution < 1.29 is 22.7 Å². The number of cyclic esters (lactones) is 1. The van der Waals surface area contributed by atoms with E-state index >= 15 is 0 Å². The van der Waals surface area contributed by atoms with Crippen LogP contribution < -0.4 is 0 Å². The number of alkyl halides is 3. The molecule has 0 saturated carbocycles. The van der Waals surface area contributed by atoms with Gasteiger partial charge in [0.2, 0.25) is 5.90 Å². The predicted molar refractivity (Wildman–Crippen MR) is 66.2 cm³/mol. The fourth-order valence-electron chi connectivity index (χ4n) is 1.34. The molecule has 0 aliphatic carbocycles. The minimum Gasteiger partial charge on any atom is -0.402 e. The van der Waals surface area contributed by atoms with E-state index in [9.17, 15) is 18.0 Å². The zero-order valence-corrected chi connectivity index (χ0v) is 10.8. The van der Waals surface area contributed by atoms with E-state index in [2.05, 4.69) is 4.99 Å². The molecule has 18 heavy (non-hydrogen) atoms. The van der Waals surface area contributed by atoms with E-state index in [0.29, 0.717) is 0 Å². The lowest BCUT2D eigenvalue weighted by molar-refractivity contribution is -0.137. The standard InChI is InChI=1S/C11H5F3INO2/c12-11(13,14)7-3-1-2-6(4-7)9-16-8(5-15)10(17)18-9/h1-5H/b8-5-. The molecule has 1 aliphatic heterocycles. The molecule has 0 unspecified atom stereocenters. The first-order chi connectivity index (χ1) is 8.41. The Bertz CT molecular complexity index is 564. The van der Waals surface area contributed by atoms with Crippen LogP contribution in [0.3, 0.4) is 0 Å². The Kier molecular flexibility index (Phi) is 3.42. The van der Waals surface area contributed by atoms with Crippen molar-refractivity contribution in [3.05, 3.63) is 45.2 Å². The molecule has 0 saturated heterocycles. The van der Waals surface area contributed by atoms with Crippen LogP contribution in [0.4, 0.5) is 13.2 Å². The van der Waals surface area contributed by atoms with Gasteiger partial charge < -0.3 is 4.74 Å². The van der Waals surface area contributed by atoms with Gasteiger partial charge in [-0.25, -0.2) is 9.79 Å². The number of halogens is 4. The maximum Gasteiger partial charge on any atom is 0.416 e. The van der Waals surface area contributed by atoms with Gasteiger partial charge in [-0.1, -0.05) is 28.7 Å². The summed E-state index contributed by atoms with van der Waals surface area (Å²) >= 11 is 1.80. The van der Waals surface area contributed by atoms with Gasteiger partial charge in [-0.15, -0.1) is 0 Å². The molecule has 1 aromatic rings. The van der Waals surface area contributed by atoms with Gasteiger partial charge in [-0.3, -0.25) is 0 Å². The Labute approximate surface area is 113 Å². The number of ether oxygens (including phenoxy) is 1. The van der Waals surface area contributed by atoms with E-state index < -0.39 is 17.7 Å². The second kappa shape index (κ2) is 4.71. The van der Waals surface area contributed by atoms with Crippen molar-refractivity contribution in [2.45, 2.75) is 6.18 Å². The Balaban J connectivity index is 2.39. The van der Waals surface area contributed by atoms with Gasteiger partial charge in [-0.05, 0) is 18.2 Å². The summed E-state index contributed by atoms with van der Waals surface area (Å²) in [5, 5.41) is 0. The Hall–Kier alpha value is -1.38. The molecule has 2 rings (SSSR count). The molecule has 0 radical (unpaired) electrons. The first-order valence-corrected chi connectivity index (χ1v) is 5.95. The largest absolute Gasteiger partial charge is 0.416 e. The van der Waals surface area contributed by atoms with Crippen molar-refractivity contribution in [3.8, 4) is 0 Å². The van der Waals surface area contributed by atoms with Crippen molar-refractivity contribution >= 4 is 34.5 Å². The number of carbonyl (C=O) groups is 1. The minimum atomic E-state index is -4.44. The van der Waals surface area contributed by atoms with Gasteiger partial charge in [0.1, 0.15) is 0 Å². The Morgan fingerprint density at radius 1 is 1.33 bits per heavy atom. The molecule has 0 atom stereocenters. The number of carbonyl (C=O) groups excluding carboxylic acids is 1. The molecule has 0 spiro atoms. The topological polar surface area (TPSA) is 38.7 Å². The molecule has 0 N–H and O–H groups in total. The zero-order valence-electron chi connectivity index (χ0n) is 8.66. The normalized spacial score (nSPS) is 17.9. The molecule has 0 aromatic heterocycles. The Morgan fingerprint density at radius 2 is 2.06 bits per heavy atom. The van der Waals surface area contributed by atoms with Crippen LogP contribution in [0.25, 0.3) is 0 Å². The molecule has 7 heteroatoms. The van der Waals surface area contributed by atoms with Crippen LogP contribution in [-0.2, 0) is 15.7 Å². The summed E-state index contributed by atoms with van der Waals surface area (Å²) in [7, 11) is 0. The summed E-state index contributed by atoms with van der Waals surface area (Å²) in [6.45, 7) is 0. The quantitative estimate of drug-likeness (QED) is 0.434. The second-order valence-electron chi connectivity index (χ2n) is 3.38. The third-order valence-corrected chi connectivity index (χ3v) is 2.75. The molecule has 1 heterocycles. The van der Waals surface area contributed by atoms with Gasteiger partial charge >= 0.3 is 12.1 Å². The van der Waals surface area contributed by atoms with Crippen molar-refractivity contribution in [3.63, 3.8) is 0 Å². The molecule has 1 aromatic carbocycles. The summed E-state index contributed by atoms with van der Waals surface area (Å²) in [5.74, 6) is -0.786. The molecule has 0 fully saturated rings. The van der Waals surface area contributed by atoms with Gasteiger partial charge in [0.05, 0.1) is 5.56 Å². The number of hydrogen-bond donors (Lipinski definition) is 0. The number of rotatable bonds is 1. The second-order valence-corrected chi connectivity index (χ2v) is 4.00. The molecule has 1 aliphatic rings. The van der Waals surface area contributed by atoms with Crippen LogP contribution in [0, 0.1) is 0 Å². The first-order valence-electron chi connectivity index (χ1n) is 4.70. The van der Waals surface area contributed by atoms with Crippen LogP contribution in [0.2, 0.25) is 0 Å². The molecule has 94 valence electrons. The molecular formula is C11H5F3INO2. The number of hydrogen-bond acceptors (Lipinski definition) is 3. The van der Waals surface area contributed by atoms with Gasteiger partial charge in [0, 0.05) is 9.65 Å². The summed E-state index contributed by atoms with van der Waals surface area (Å²) in [6.07, 6.45) is -4.44. The predicted octanol–water partition coefficient (Wildman–Crippen LogP) is 3.29. The maximum absolute atomic E-state index is 12.5. The van der Waals surface area contributed by atoms with Crippen LogP contribution in [-0.4, -0.2) is 11.9 Å². The molecule has 0 bridgehead atoms. The molecule has 0 amide bonds. The average molecular weight is 367 g/mol. The smallest absolute Gasteiger partial charge is 0.402 e. The third-order valence-electron chi connectivity index (χ3n) is 2.16. The fraction of sp³-hybridized carbons (Fsp3) is 0.0909. The van der Waals surface area contributed by atoms with E-state index in [4.69, 9.17) is 4.74 Å². The van der Waals surface area contributed by atoms with E-state index in [1.54, 1.807) is 22.6 Å². The highest BCUT2D eigenvalue weighted by Gasteiger charge is 2.32. The lowest BCUT2D eigenvalue weighted by Crippen LogP contribution is -2.09. The van der Waals surface area contributed by atoms with E-state index in [0.717, 1.165) is 12.1 Å². The van der Waals surface area contributed by atoms with Gasteiger partial charge in [0.25, 0.3) is 0 Å². The lowest BCUT2D eigenvalue weighted by Gasteiger charge is -2.07. The van der Waals surface area contributed by atoms with Crippen LogP contribution in [0.1, 0.15) is 11.1 Å². The van der Waals surface area contributed by atoms with Gasteiger partial charge in [0.15, 0.2) is 5.70 Å². The summed E-state index contributed by atoms with van der Waals surface area (Å²) in [6, 6.07) is 4.47. The highest BCUT2D eigenvalue weighted by atomic mass is 127. The van der Waals surface area contributed by atoms with Crippen LogP contribution >= 0.6 is 22.6 Å². The van der Waals surface area contributed by atoms with Crippen LogP contribution in [0.5, 0.6) is 0 Å². The summed E-state index contributed by atoms with van der Waals surface area (Å²) in [5.41, 5.74) is -0.625. The van der Waals surface area contributed by atoms with Gasteiger partial charge in [-0.2, -0.15) is 13.2 Å². The monoisotopic (exact) mass is 367 g/mol. The van der Waals surface area contributed by atoms with Crippen molar-refractivity contribution in [2.24, 2.45) is 4.99 Å². The van der Waals surface area contributed by atoms with Crippen LogP contribution in [0.15, 0.2) is 39.0 Å². The summed E-state index contributed by atoms with van der Waals surface area (Å²) < 4.78 is 43.7. The zero-order chi connectivity index (χ0) is 13.3. The molecule has 3 nitrogen and oxygen atoms in total. The highest BCUT2D eigenvalue weighted by Crippen LogP contribution is 2.30. The van der Waals surface area contributed by atoms with Crippen molar-refractivity contribution in [1.82, 2.24) is 0 Å². The average Bonchev–Trinajstić information content (AvgIpc) is 2.70. The minimum absolute atomic E-state index is 0.0722. The lowest BCUT2D eigenvalue weighted by atomic mass is 10.1. The SMILES string of the molecule is O=C1OC(c2cccc(C(F)(F)F)c2)=N/C1=C\I. The Morgan fingerprint density at radius 3 is 2.61 bits per heavy atom. The highest BCUT2D eigenvalue weighted by molar-refractivity contribution is 14.1. The third kappa shape index (κ3) is 2.55. The number of benzene rings is 1. The van der Waals surface area contributed by atoms with E-state index in [1.807, 2.05) is 0 Å². The molecular weight excluding hydrogens is 362 g/mol. The first kappa shape index (κ1) is 13.1. The number of aliphatic imine (C=N–C) groups is 1. The van der Waals surface area contributed by atoms with E-state index in [1.165, 1.54) is 16.2 Å². The maximum atomic E-state index is 12.5. The van der Waals surface area contributed by atoms with Crippen molar-refractivity contribution in [1.29, 1.82) is 0 Å². The van der Waals surface area contributed by atoms with Crippen molar-refractivity contribution in [2.75, 3.05) is 0 Å².